The number of carbonyl (C=O) groups excluding carboxylic acids is 1. The van der Waals surface area contributed by atoms with Crippen LogP contribution in [0, 0.1) is 0 Å². The van der Waals surface area contributed by atoms with Crippen LogP contribution in [0.3, 0.4) is 0 Å². The molecule has 112 valence electrons. The molecule has 1 aromatic carbocycles. The van der Waals surface area contributed by atoms with E-state index in [1.165, 1.54) is 17.4 Å². The molecule has 2 aromatic heterocycles. The van der Waals surface area contributed by atoms with Crippen molar-refractivity contribution in [2.45, 2.75) is 13.3 Å². The van der Waals surface area contributed by atoms with Crippen LogP contribution in [0.1, 0.15) is 22.3 Å². The normalized spacial score (nSPS) is 10.6. The predicted octanol–water partition coefficient (Wildman–Crippen LogP) is 3.45. The van der Waals surface area contributed by atoms with Crippen LogP contribution in [0.2, 0.25) is 0 Å². The maximum absolute atomic E-state index is 12.4. The van der Waals surface area contributed by atoms with Crippen molar-refractivity contribution in [3.8, 4) is 10.9 Å². The molecule has 6 heteroatoms. The predicted molar refractivity (Wildman–Crippen MR) is 86.9 cm³/mol. The van der Waals surface area contributed by atoms with Gasteiger partial charge in [-0.2, -0.15) is 0 Å². The molecule has 0 saturated heterocycles. The summed E-state index contributed by atoms with van der Waals surface area (Å²) in [6.45, 7) is 2.00. The highest BCUT2D eigenvalue weighted by Crippen LogP contribution is 2.24. The summed E-state index contributed by atoms with van der Waals surface area (Å²) in [4.78, 5) is 17.8. The molecule has 0 atom stereocenters. The van der Waals surface area contributed by atoms with Crippen LogP contribution in [0.5, 0.6) is 5.75 Å². The molecule has 0 aliphatic rings. The number of phenols is 1. The van der Waals surface area contributed by atoms with Crippen molar-refractivity contribution in [1.82, 2.24) is 9.55 Å². The van der Waals surface area contributed by atoms with Gasteiger partial charge >= 0.3 is 0 Å². The van der Waals surface area contributed by atoms with Crippen molar-refractivity contribution in [3.63, 3.8) is 0 Å². The number of carbonyl (C=O) groups is 1. The number of nitrogens with zero attached hydrogens (tertiary/aromatic N) is 2. The Bertz CT molecular complexity index is 794. The van der Waals surface area contributed by atoms with E-state index in [0.717, 1.165) is 16.4 Å². The summed E-state index contributed by atoms with van der Waals surface area (Å²) in [5, 5.41) is 13.0. The summed E-state index contributed by atoms with van der Waals surface area (Å²) < 4.78 is 1.88. The number of aromatic nitrogens is 2. The van der Waals surface area contributed by atoms with Crippen LogP contribution in [0.15, 0.2) is 48.8 Å². The number of aromatic hydroxyl groups is 1. The second-order valence-electron chi connectivity index (χ2n) is 4.72. The summed E-state index contributed by atoms with van der Waals surface area (Å²) >= 11 is 1.50. The summed E-state index contributed by atoms with van der Waals surface area (Å²) in [5.74, 6) is -0.156. The fourth-order valence-electron chi connectivity index (χ4n) is 2.10. The third-order valence-corrected chi connectivity index (χ3v) is 4.36. The van der Waals surface area contributed by atoms with E-state index in [-0.39, 0.29) is 11.7 Å². The largest absolute Gasteiger partial charge is 0.508 e. The van der Waals surface area contributed by atoms with Gasteiger partial charge in [0.05, 0.1) is 0 Å². The molecule has 0 fully saturated rings. The molecule has 3 rings (SSSR count). The topological polar surface area (TPSA) is 67.2 Å². The van der Waals surface area contributed by atoms with E-state index in [1.54, 1.807) is 18.2 Å². The lowest BCUT2D eigenvalue weighted by Crippen LogP contribution is -2.14. The number of benzene rings is 1. The van der Waals surface area contributed by atoms with Gasteiger partial charge in [-0.05, 0) is 30.7 Å². The lowest BCUT2D eigenvalue weighted by atomic mass is 10.2. The zero-order valence-electron chi connectivity index (χ0n) is 12.0. The van der Waals surface area contributed by atoms with Crippen molar-refractivity contribution in [3.05, 3.63) is 59.4 Å². The van der Waals surface area contributed by atoms with Gasteiger partial charge in [-0.15, -0.1) is 11.3 Å². The number of amides is 1. The number of rotatable bonds is 4. The van der Waals surface area contributed by atoms with E-state index in [1.807, 2.05) is 36.0 Å². The lowest BCUT2D eigenvalue weighted by Gasteiger charge is -2.04. The van der Waals surface area contributed by atoms with E-state index in [2.05, 4.69) is 10.3 Å². The first kappa shape index (κ1) is 14.3. The minimum atomic E-state index is -0.267. The Balaban J connectivity index is 1.88. The molecule has 0 aliphatic carbocycles. The molecule has 0 bridgehead atoms. The van der Waals surface area contributed by atoms with Crippen LogP contribution < -0.4 is 5.32 Å². The van der Waals surface area contributed by atoms with Gasteiger partial charge in [0.15, 0.2) is 5.13 Å². The third kappa shape index (κ3) is 2.87. The zero-order chi connectivity index (χ0) is 15.5. The first-order valence-electron chi connectivity index (χ1n) is 6.91. The van der Waals surface area contributed by atoms with Gasteiger partial charge in [0.1, 0.15) is 11.4 Å². The maximum Gasteiger partial charge on any atom is 0.275 e. The Labute approximate surface area is 131 Å². The average Bonchev–Trinajstić information content (AvgIpc) is 3.16. The first-order valence-corrected chi connectivity index (χ1v) is 7.72. The van der Waals surface area contributed by atoms with E-state index in [0.29, 0.717) is 11.4 Å². The van der Waals surface area contributed by atoms with Crippen molar-refractivity contribution >= 4 is 22.9 Å². The zero-order valence-corrected chi connectivity index (χ0v) is 12.8. The molecule has 0 radical (unpaired) electrons. The SMILES string of the molecule is CCc1sc(-n2cccc2)nc1C(=O)Nc1cccc(O)c1. The number of thiazole rings is 1. The minimum Gasteiger partial charge on any atom is -0.508 e. The number of nitrogens with one attached hydrogen (secondary N) is 1. The van der Waals surface area contributed by atoms with E-state index in [9.17, 15) is 9.90 Å². The fourth-order valence-corrected chi connectivity index (χ4v) is 3.07. The van der Waals surface area contributed by atoms with Crippen LogP contribution in [-0.4, -0.2) is 20.6 Å². The molecule has 0 saturated carbocycles. The summed E-state index contributed by atoms with van der Waals surface area (Å²) in [6, 6.07) is 10.3. The highest BCUT2D eigenvalue weighted by Gasteiger charge is 2.18. The van der Waals surface area contributed by atoms with Gasteiger partial charge in [-0.3, -0.25) is 4.79 Å². The molecular weight excluding hydrogens is 298 g/mol. The number of aryl methyl sites for hydroxylation is 1. The van der Waals surface area contributed by atoms with Gasteiger partial charge in [0, 0.05) is 29.0 Å². The fraction of sp³-hybridized carbons (Fsp3) is 0.125. The highest BCUT2D eigenvalue weighted by molar-refractivity contribution is 7.14. The second kappa shape index (κ2) is 6.03. The Hall–Kier alpha value is -2.60. The Morgan fingerprint density at radius 1 is 1.32 bits per heavy atom. The van der Waals surface area contributed by atoms with Crippen LogP contribution in [0.4, 0.5) is 5.69 Å². The third-order valence-electron chi connectivity index (χ3n) is 3.15. The monoisotopic (exact) mass is 313 g/mol. The molecule has 22 heavy (non-hydrogen) atoms. The Kier molecular flexibility index (Phi) is 3.93. The number of phenolic OH excluding ortho intramolecular Hbond substituents is 1. The molecule has 0 unspecified atom stereocenters. The van der Waals surface area contributed by atoms with E-state index < -0.39 is 0 Å². The van der Waals surface area contributed by atoms with Crippen molar-refractivity contribution < 1.29 is 9.90 Å². The van der Waals surface area contributed by atoms with E-state index in [4.69, 9.17) is 0 Å². The second-order valence-corrected chi connectivity index (χ2v) is 5.78. The van der Waals surface area contributed by atoms with E-state index >= 15 is 0 Å². The molecule has 0 spiro atoms. The summed E-state index contributed by atoms with van der Waals surface area (Å²) in [5.41, 5.74) is 0.974. The Morgan fingerprint density at radius 2 is 2.09 bits per heavy atom. The molecule has 2 heterocycles. The standard InChI is InChI=1S/C16H15N3O2S/c1-2-13-14(18-16(22-13)19-8-3-4-9-19)15(21)17-11-6-5-7-12(20)10-11/h3-10,20H,2H2,1H3,(H,17,21). The van der Waals surface area contributed by atoms with Crippen molar-refractivity contribution in [1.29, 1.82) is 0 Å². The van der Waals surface area contributed by atoms with Crippen LogP contribution in [-0.2, 0) is 6.42 Å². The smallest absolute Gasteiger partial charge is 0.275 e. The van der Waals surface area contributed by atoms with Crippen molar-refractivity contribution in [2.75, 3.05) is 5.32 Å². The molecule has 0 aliphatic heterocycles. The van der Waals surface area contributed by atoms with Crippen LogP contribution >= 0.6 is 11.3 Å². The van der Waals surface area contributed by atoms with Crippen LogP contribution in [0.25, 0.3) is 5.13 Å². The first-order chi connectivity index (χ1) is 10.7. The highest BCUT2D eigenvalue weighted by atomic mass is 32.1. The Morgan fingerprint density at radius 3 is 2.77 bits per heavy atom. The number of hydrogen-bond acceptors (Lipinski definition) is 4. The summed E-state index contributed by atoms with van der Waals surface area (Å²) in [7, 11) is 0. The lowest BCUT2D eigenvalue weighted by molar-refractivity contribution is 0.102. The van der Waals surface area contributed by atoms with Crippen molar-refractivity contribution in [2.24, 2.45) is 0 Å². The number of hydrogen-bond donors (Lipinski definition) is 2. The maximum atomic E-state index is 12.4. The van der Waals surface area contributed by atoms with Gasteiger partial charge in [0.2, 0.25) is 0 Å². The quantitative estimate of drug-likeness (QED) is 0.775. The molecular formula is C16H15N3O2S. The average molecular weight is 313 g/mol. The molecule has 1 amide bonds. The molecule has 3 aromatic rings. The van der Waals surface area contributed by atoms with Gasteiger partial charge in [0.25, 0.3) is 5.91 Å². The summed E-state index contributed by atoms with van der Waals surface area (Å²) in [6.07, 6.45) is 4.53. The molecule has 5 nitrogen and oxygen atoms in total. The van der Waals surface area contributed by atoms with Gasteiger partial charge in [-0.1, -0.05) is 13.0 Å². The molecule has 2 N–H and O–H groups in total. The minimum absolute atomic E-state index is 0.111. The van der Waals surface area contributed by atoms with Gasteiger partial charge < -0.3 is 15.0 Å². The van der Waals surface area contributed by atoms with Gasteiger partial charge in [-0.25, -0.2) is 4.98 Å². The number of anilines is 1.